The summed E-state index contributed by atoms with van der Waals surface area (Å²) in [5.74, 6) is 1.51. The standard InChI is InChI=1S/C21H24N2O4/c1-14(2)11-23-12-16-10-17(6-9-19(16)27-13-20(23)24)22-21(25)15-4-7-18(26-3)8-5-15/h4-10,14H,11-13H2,1-3H3,(H,22,25). The van der Waals surface area contributed by atoms with Crippen LogP contribution in [0.25, 0.3) is 0 Å². The van der Waals surface area contributed by atoms with Crippen molar-refractivity contribution in [3.05, 3.63) is 53.6 Å². The number of benzene rings is 2. The summed E-state index contributed by atoms with van der Waals surface area (Å²) in [6.45, 7) is 5.33. The summed E-state index contributed by atoms with van der Waals surface area (Å²) >= 11 is 0. The Morgan fingerprint density at radius 3 is 2.63 bits per heavy atom. The molecule has 1 N–H and O–H groups in total. The van der Waals surface area contributed by atoms with Crippen LogP contribution in [0.2, 0.25) is 0 Å². The first-order valence-electron chi connectivity index (χ1n) is 8.95. The Morgan fingerprint density at radius 1 is 1.22 bits per heavy atom. The largest absolute Gasteiger partial charge is 0.497 e. The van der Waals surface area contributed by atoms with E-state index in [9.17, 15) is 9.59 Å². The van der Waals surface area contributed by atoms with Crippen LogP contribution in [-0.2, 0) is 11.3 Å². The molecule has 0 aromatic heterocycles. The number of hydrogen-bond donors (Lipinski definition) is 1. The third kappa shape index (κ3) is 4.58. The number of carbonyl (C=O) groups excluding carboxylic acids is 2. The number of rotatable bonds is 5. The van der Waals surface area contributed by atoms with Crippen LogP contribution in [0.3, 0.4) is 0 Å². The Hall–Kier alpha value is -3.02. The third-order valence-corrected chi connectivity index (χ3v) is 4.32. The molecule has 3 rings (SSSR count). The molecule has 0 bridgehead atoms. The maximum Gasteiger partial charge on any atom is 0.260 e. The highest BCUT2D eigenvalue weighted by atomic mass is 16.5. The van der Waals surface area contributed by atoms with Gasteiger partial charge in [-0.2, -0.15) is 0 Å². The van der Waals surface area contributed by atoms with Gasteiger partial charge in [0.1, 0.15) is 11.5 Å². The summed E-state index contributed by atoms with van der Waals surface area (Å²) in [5.41, 5.74) is 2.09. The van der Waals surface area contributed by atoms with Crippen molar-refractivity contribution in [3.63, 3.8) is 0 Å². The van der Waals surface area contributed by atoms with Gasteiger partial charge in [0.05, 0.1) is 7.11 Å². The van der Waals surface area contributed by atoms with Crippen LogP contribution >= 0.6 is 0 Å². The highest BCUT2D eigenvalue weighted by Crippen LogP contribution is 2.27. The van der Waals surface area contributed by atoms with Gasteiger partial charge in [-0.05, 0) is 48.4 Å². The fraction of sp³-hybridized carbons (Fsp3) is 0.333. The van der Waals surface area contributed by atoms with E-state index in [-0.39, 0.29) is 18.4 Å². The van der Waals surface area contributed by atoms with Gasteiger partial charge in [0, 0.05) is 29.9 Å². The second kappa shape index (κ2) is 8.12. The molecule has 0 saturated carbocycles. The van der Waals surface area contributed by atoms with E-state index in [0.29, 0.717) is 41.8 Å². The minimum absolute atomic E-state index is 0.0243. The molecule has 6 heteroatoms. The van der Waals surface area contributed by atoms with Gasteiger partial charge in [-0.3, -0.25) is 9.59 Å². The van der Waals surface area contributed by atoms with E-state index in [0.717, 1.165) is 5.56 Å². The van der Waals surface area contributed by atoms with Crippen molar-refractivity contribution in [2.75, 3.05) is 25.6 Å². The number of ether oxygens (including phenoxy) is 2. The Morgan fingerprint density at radius 2 is 1.96 bits per heavy atom. The van der Waals surface area contributed by atoms with Crippen molar-refractivity contribution in [1.29, 1.82) is 0 Å². The van der Waals surface area contributed by atoms with E-state index in [1.807, 2.05) is 6.07 Å². The van der Waals surface area contributed by atoms with Crippen molar-refractivity contribution in [3.8, 4) is 11.5 Å². The number of fused-ring (bicyclic) bond motifs is 1. The zero-order valence-electron chi connectivity index (χ0n) is 15.8. The summed E-state index contributed by atoms with van der Waals surface area (Å²) in [4.78, 5) is 26.5. The van der Waals surface area contributed by atoms with Gasteiger partial charge in [-0.15, -0.1) is 0 Å². The smallest absolute Gasteiger partial charge is 0.260 e. The van der Waals surface area contributed by atoms with Crippen molar-refractivity contribution in [1.82, 2.24) is 4.90 Å². The number of hydrogen-bond acceptors (Lipinski definition) is 4. The lowest BCUT2D eigenvalue weighted by atomic mass is 10.1. The average Bonchev–Trinajstić information content (AvgIpc) is 2.80. The molecule has 0 radical (unpaired) electrons. The summed E-state index contributed by atoms with van der Waals surface area (Å²) in [7, 11) is 1.58. The Bertz CT molecular complexity index is 831. The molecule has 0 unspecified atom stereocenters. The van der Waals surface area contributed by atoms with Gasteiger partial charge in [0.25, 0.3) is 11.8 Å². The zero-order chi connectivity index (χ0) is 19.4. The normalized spacial score (nSPS) is 13.6. The maximum absolute atomic E-state index is 12.5. The first-order chi connectivity index (χ1) is 13.0. The Balaban J connectivity index is 1.76. The molecule has 0 atom stereocenters. The number of amides is 2. The summed E-state index contributed by atoms with van der Waals surface area (Å²) in [6.07, 6.45) is 0. The van der Waals surface area contributed by atoms with E-state index in [2.05, 4.69) is 19.2 Å². The van der Waals surface area contributed by atoms with E-state index < -0.39 is 0 Å². The van der Waals surface area contributed by atoms with E-state index in [1.54, 1.807) is 48.4 Å². The highest BCUT2D eigenvalue weighted by molar-refractivity contribution is 6.04. The monoisotopic (exact) mass is 368 g/mol. The predicted molar refractivity (Wildman–Crippen MR) is 103 cm³/mol. The second-order valence-electron chi connectivity index (χ2n) is 6.96. The fourth-order valence-electron chi connectivity index (χ4n) is 3.00. The number of methoxy groups -OCH3 is 1. The summed E-state index contributed by atoms with van der Waals surface area (Å²) in [6, 6.07) is 12.4. The molecular weight excluding hydrogens is 344 g/mol. The molecular formula is C21H24N2O4. The van der Waals surface area contributed by atoms with Crippen molar-refractivity contribution >= 4 is 17.5 Å². The minimum Gasteiger partial charge on any atom is -0.497 e. The van der Waals surface area contributed by atoms with Crippen LogP contribution in [0.5, 0.6) is 11.5 Å². The van der Waals surface area contributed by atoms with Gasteiger partial charge in [0.15, 0.2) is 6.61 Å². The first-order valence-corrected chi connectivity index (χ1v) is 8.95. The SMILES string of the molecule is COc1ccc(C(=O)Nc2ccc3c(c2)CN(CC(C)C)C(=O)CO3)cc1. The summed E-state index contributed by atoms with van der Waals surface area (Å²) < 4.78 is 10.7. The molecule has 1 aliphatic rings. The predicted octanol–water partition coefficient (Wildman–Crippen LogP) is 3.32. The lowest BCUT2D eigenvalue weighted by molar-refractivity contribution is -0.133. The molecule has 142 valence electrons. The first kappa shape index (κ1) is 18.8. The second-order valence-corrected chi connectivity index (χ2v) is 6.96. The number of nitrogens with one attached hydrogen (secondary N) is 1. The Kier molecular flexibility index (Phi) is 5.64. The van der Waals surface area contributed by atoms with Gasteiger partial charge in [-0.25, -0.2) is 0 Å². The molecule has 1 heterocycles. The van der Waals surface area contributed by atoms with E-state index in [4.69, 9.17) is 9.47 Å². The maximum atomic E-state index is 12.5. The zero-order valence-corrected chi connectivity index (χ0v) is 15.8. The fourth-order valence-corrected chi connectivity index (χ4v) is 3.00. The van der Waals surface area contributed by atoms with Crippen molar-refractivity contribution in [2.24, 2.45) is 5.92 Å². The number of nitrogens with zero attached hydrogens (tertiary/aromatic N) is 1. The quantitative estimate of drug-likeness (QED) is 0.879. The van der Waals surface area contributed by atoms with Crippen LogP contribution in [0.1, 0.15) is 29.8 Å². The molecule has 2 aromatic rings. The molecule has 0 aliphatic carbocycles. The topological polar surface area (TPSA) is 67.9 Å². The molecule has 2 aromatic carbocycles. The molecule has 27 heavy (non-hydrogen) atoms. The lowest BCUT2D eigenvalue weighted by Crippen LogP contribution is -2.35. The van der Waals surface area contributed by atoms with Crippen molar-refractivity contribution < 1.29 is 19.1 Å². The van der Waals surface area contributed by atoms with Gasteiger partial charge >= 0.3 is 0 Å². The third-order valence-electron chi connectivity index (χ3n) is 4.32. The van der Waals surface area contributed by atoms with E-state index in [1.165, 1.54) is 0 Å². The molecule has 0 fully saturated rings. The van der Waals surface area contributed by atoms with Crippen LogP contribution in [0, 0.1) is 5.92 Å². The molecule has 1 aliphatic heterocycles. The molecule has 6 nitrogen and oxygen atoms in total. The lowest BCUT2D eigenvalue weighted by Gasteiger charge is -2.22. The molecule has 0 saturated heterocycles. The average molecular weight is 368 g/mol. The van der Waals surface area contributed by atoms with Gasteiger partial charge in [0.2, 0.25) is 0 Å². The van der Waals surface area contributed by atoms with Crippen molar-refractivity contribution in [2.45, 2.75) is 20.4 Å². The summed E-state index contributed by atoms with van der Waals surface area (Å²) in [5, 5.41) is 2.89. The van der Waals surface area contributed by atoms with Gasteiger partial charge in [-0.1, -0.05) is 13.8 Å². The number of carbonyl (C=O) groups is 2. The van der Waals surface area contributed by atoms with Crippen LogP contribution in [0.15, 0.2) is 42.5 Å². The van der Waals surface area contributed by atoms with Crippen LogP contribution in [-0.4, -0.2) is 37.0 Å². The van der Waals surface area contributed by atoms with Crippen LogP contribution in [0.4, 0.5) is 5.69 Å². The van der Waals surface area contributed by atoms with E-state index >= 15 is 0 Å². The number of anilines is 1. The molecule has 2 amide bonds. The van der Waals surface area contributed by atoms with Gasteiger partial charge < -0.3 is 19.7 Å². The highest BCUT2D eigenvalue weighted by Gasteiger charge is 2.22. The molecule has 0 spiro atoms. The Labute approximate surface area is 159 Å². The minimum atomic E-state index is -0.206. The van der Waals surface area contributed by atoms with Crippen LogP contribution < -0.4 is 14.8 Å².